The van der Waals surface area contributed by atoms with Crippen LogP contribution in [0.5, 0.6) is 0 Å². The smallest absolute Gasteiger partial charge is 0.341 e. The molecule has 1 aliphatic rings. The Kier molecular flexibility index (Phi) is 5.25. The molecule has 0 aromatic heterocycles. The Balaban J connectivity index is 2.09. The highest BCUT2D eigenvalue weighted by Gasteiger charge is 2.65. The van der Waals surface area contributed by atoms with Crippen LogP contribution in [0, 0.1) is 0 Å². The third-order valence-electron chi connectivity index (χ3n) is 4.27. The van der Waals surface area contributed by atoms with E-state index >= 15 is 0 Å². The maximum Gasteiger partial charge on any atom is 0.341 e. The lowest BCUT2D eigenvalue weighted by Gasteiger charge is -2.43. The number of carboxylic acids is 1. The van der Waals surface area contributed by atoms with Crippen molar-refractivity contribution in [1.29, 1.82) is 0 Å². The van der Waals surface area contributed by atoms with Crippen LogP contribution >= 0.6 is 10.2 Å². The average molecular weight is 444 g/mol. The normalized spacial score (nSPS) is 17.8. The summed E-state index contributed by atoms with van der Waals surface area (Å²) in [7, 11) is -9.81. The van der Waals surface area contributed by atoms with Crippen LogP contribution in [-0.4, -0.2) is 29.6 Å². The SMILES string of the molecule is C=C(CC(=O)OC1(c2ccc(S(F)(F)(F)(F)F)cc2)CCC1)C(=O)OCC(=O)O. The predicted molar refractivity (Wildman–Crippen MR) is 91.8 cm³/mol. The van der Waals surface area contributed by atoms with Crippen LogP contribution in [-0.2, 0) is 29.5 Å². The zero-order chi connectivity index (χ0) is 22.2. The molecule has 1 saturated carbocycles. The molecule has 0 heterocycles. The summed E-state index contributed by atoms with van der Waals surface area (Å²) in [5, 5.41) is 8.43. The lowest BCUT2D eigenvalue weighted by molar-refractivity contribution is -0.171. The van der Waals surface area contributed by atoms with Gasteiger partial charge in [0.1, 0.15) is 10.5 Å². The van der Waals surface area contributed by atoms with Crippen molar-refractivity contribution in [3.8, 4) is 0 Å². The third kappa shape index (κ3) is 5.68. The van der Waals surface area contributed by atoms with Crippen molar-refractivity contribution in [1.82, 2.24) is 0 Å². The number of carboxylic acid groups (broad SMARTS) is 1. The molecule has 162 valence electrons. The molecular weight excluding hydrogens is 427 g/mol. The minimum atomic E-state index is -9.81. The van der Waals surface area contributed by atoms with E-state index in [9.17, 15) is 33.8 Å². The molecule has 1 aromatic carbocycles. The number of benzene rings is 1. The van der Waals surface area contributed by atoms with Crippen molar-refractivity contribution < 1.29 is 48.4 Å². The summed E-state index contributed by atoms with van der Waals surface area (Å²) in [5.74, 6) is -3.47. The van der Waals surface area contributed by atoms with Gasteiger partial charge in [0, 0.05) is 5.57 Å². The van der Waals surface area contributed by atoms with E-state index in [4.69, 9.17) is 9.84 Å². The van der Waals surface area contributed by atoms with E-state index in [0.717, 1.165) is 12.1 Å². The highest BCUT2D eigenvalue weighted by atomic mass is 32.5. The third-order valence-corrected chi connectivity index (χ3v) is 5.43. The molecule has 0 spiro atoms. The molecule has 2 rings (SSSR count). The van der Waals surface area contributed by atoms with Crippen LogP contribution in [0.4, 0.5) is 19.4 Å². The van der Waals surface area contributed by atoms with Crippen molar-refractivity contribution >= 4 is 28.1 Å². The summed E-state index contributed by atoms with van der Waals surface area (Å²) in [5.41, 5.74) is -1.55. The fraction of sp³-hybridized carbons (Fsp3) is 0.353. The largest absolute Gasteiger partial charge is 0.479 e. The Bertz CT molecular complexity index is 859. The minimum absolute atomic E-state index is 0.113. The number of carbonyl (C=O) groups is 3. The standard InChI is InChI=1S/C17H17F5O6S/c1-11(16(26)27-10-14(23)24)9-15(25)28-17(7-2-8-17)12-3-5-13(6-4-12)29(18,19,20,21)22/h3-6H,1-2,7-10H2,(H,23,24). The number of carbonyl (C=O) groups excluding carboxylic acids is 2. The molecule has 0 unspecified atom stereocenters. The summed E-state index contributed by atoms with van der Waals surface area (Å²) in [4.78, 5) is 31.9. The van der Waals surface area contributed by atoms with Gasteiger partial charge in [0.15, 0.2) is 6.61 Å². The van der Waals surface area contributed by atoms with Gasteiger partial charge in [-0.3, -0.25) is 4.79 Å². The first-order chi connectivity index (χ1) is 13.0. The van der Waals surface area contributed by atoms with Crippen LogP contribution in [0.25, 0.3) is 0 Å². The molecule has 1 N–H and O–H groups in total. The summed E-state index contributed by atoms with van der Waals surface area (Å²) in [6.45, 7) is 2.38. The molecule has 0 bridgehead atoms. The van der Waals surface area contributed by atoms with Gasteiger partial charge in [0.2, 0.25) is 0 Å². The summed E-state index contributed by atoms with van der Waals surface area (Å²) in [6, 6.07) is 2.14. The van der Waals surface area contributed by atoms with Crippen LogP contribution in [0.2, 0.25) is 0 Å². The van der Waals surface area contributed by atoms with Crippen LogP contribution in [0.3, 0.4) is 0 Å². The fourth-order valence-corrected chi connectivity index (χ4v) is 3.34. The molecule has 12 heteroatoms. The van der Waals surface area contributed by atoms with Gasteiger partial charge in [0.05, 0.1) is 6.42 Å². The first kappa shape index (κ1) is 22.7. The number of esters is 2. The number of rotatable bonds is 8. The second kappa shape index (κ2) is 6.71. The molecule has 6 nitrogen and oxygen atoms in total. The number of aliphatic carboxylic acids is 1. The zero-order valence-corrected chi connectivity index (χ0v) is 15.7. The van der Waals surface area contributed by atoms with Gasteiger partial charge < -0.3 is 14.6 Å². The Morgan fingerprint density at radius 2 is 1.62 bits per heavy atom. The van der Waals surface area contributed by atoms with Crippen molar-refractivity contribution in [2.75, 3.05) is 6.61 Å². The Morgan fingerprint density at radius 3 is 2.03 bits per heavy atom. The van der Waals surface area contributed by atoms with Crippen molar-refractivity contribution in [3.05, 3.63) is 42.0 Å². The van der Waals surface area contributed by atoms with Gasteiger partial charge in [0.25, 0.3) is 0 Å². The number of hydrogen-bond donors (Lipinski definition) is 1. The highest BCUT2D eigenvalue weighted by molar-refractivity contribution is 8.45. The number of halogens is 5. The average Bonchev–Trinajstić information content (AvgIpc) is 2.54. The van der Waals surface area contributed by atoms with Crippen molar-refractivity contribution in [2.45, 2.75) is 36.2 Å². The van der Waals surface area contributed by atoms with E-state index in [1.54, 1.807) is 0 Å². The number of hydrogen-bond acceptors (Lipinski definition) is 5. The van der Waals surface area contributed by atoms with Gasteiger partial charge in [-0.25, -0.2) is 9.59 Å². The van der Waals surface area contributed by atoms with E-state index in [2.05, 4.69) is 11.3 Å². The molecular formula is C17H17F5O6S. The first-order valence-corrected chi connectivity index (χ1v) is 10.1. The predicted octanol–water partition coefficient (Wildman–Crippen LogP) is 4.84. The van der Waals surface area contributed by atoms with Crippen molar-refractivity contribution in [3.63, 3.8) is 0 Å². The second-order valence-electron chi connectivity index (χ2n) is 6.57. The lowest BCUT2D eigenvalue weighted by atomic mass is 9.75. The molecule has 0 amide bonds. The summed E-state index contributed by atoms with van der Waals surface area (Å²) >= 11 is 0. The zero-order valence-electron chi connectivity index (χ0n) is 14.8. The summed E-state index contributed by atoms with van der Waals surface area (Å²) < 4.78 is 73.9. The molecule has 1 fully saturated rings. The number of ether oxygens (including phenoxy) is 2. The van der Waals surface area contributed by atoms with Crippen molar-refractivity contribution in [2.24, 2.45) is 0 Å². The fourth-order valence-electron chi connectivity index (χ4n) is 2.69. The minimum Gasteiger partial charge on any atom is -0.479 e. The molecule has 1 aliphatic carbocycles. The van der Waals surface area contributed by atoms with Crippen LogP contribution < -0.4 is 0 Å². The van der Waals surface area contributed by atoms with Gasteiger partial charge in [-0.2, -0.15) is 0 Å². The lowest BCUT2D eigenvalue weighted by Crippen LogP contribution is -2.39. The summed E-state index contributed by atoms with van der Waals surface area (Å²) in [6.07, 6.45) is 0.455. The topological polar surface area (TPSA) is 89.9 Å². The van der Waals surface area contributed by atoms with E-state index in [1.807, 2.05) is 0 Å². The van der Waals surface area contributed by atoms with Gasteiger partial charge in [-0.1, -0.05) is 38.1 Å². The first-order valence-electron chi connectivity index (χ1n) is 8.16. The van der Waals surface area contributed by atoms with E-state index in [-0.39, 0.29) is 36.1 Å². The molecule has 0 radical (unpaired) electrons. The Hall–Kier alpha value is -2.63. The maximum atomic E-state index is 12.8. The van der Waals surface area contributed by atoms with Gasteiger partial charge in [-0.15, -0.1) is 0 Å². The Labute approximate surface area is 162 Å². The molecule has 0 saturated heterocycles. The van der Waals surface area contributed by atoms with E-state index in [1.165, 1.54) is 0 Å². The van der Waals surface area contributed by atoms with Crippen LogP contribution in [0.15, 0.2) is 41.3 Å². The maximum absolute atomic E-state index is 12.8. The second-order valence-corrected chi connectivity index (χ2v) is 8.97. The van der Waals surface area contributed by atoms with Gasteiger partial charge in [-0.05, 0) is 37.0 Å². The van der Waals surface area contributed by atoms with Gasteiger partial charge >= 0.3 is 28.1 Å². The van der Waals surface area contributed by atoms with E-state index < -0.39 is 51.7 Å². The monoisotopic (exact) mass is 444 g/mol. The molecule has 1 aromatic rings. The quantitative estimate of drug-likeness (QED) is 0.351. The molecule has 0 aliphatic heterocycles. The van der Waals surface area contributed by atoms with E-state index in [0.29, 0.717) is 6.42 Å². The molecule has 29 heavy (non-hydrogen) atoms. The molecule has 0 atom stereocenters. The Morgan fingerprint density at radius 1 is 1.07 bits per heavy atom. The highest BCUT2D eigenvalue weighted by Crippen LogP contribution is 3.02. The van der Waals surface area contributed by atoms with Crippen LogP contribution in [0.1, 0.15) is 31.2 Å².